The average molecular weight is 286 g/mol. The van der Waals surface area contributed by atoms with Gasteiger partial charge in [0.25, 0.3) is 0 Å². The third-order valence-electron chi connectivity index (χ3n) is 3.63. The summed E-state index contributed by atoms with van der Waals surface area (Å²) in [6.45, 7) is 2.23. The van der Waals surface area contributed by atoms with Gasteiger partial charge in [0.2, 0.25) is 0 Å². The maximum absolute atomic E-state index is 12.9. The fourth-order valence-electron chi connectivity index (χ4n) is 2.34. The standard InChI is InChI=1S/C18H23FN2/c1-2-3-4-5-6-7-8-17-13-21-18(14-20-17)15-9-11-16(19)12-10-15/h9-14H,2-8H2,1H3. The van der Waals surface area contributed by atoms with Crippen LogP contribution in [0.2, 0.25) is 0 Å². The van der Waals surface area contributed by atoms with E-state index in [1.807, 2.05) is 6.20 Å². The lowest BCUT2D eigenvalue weighted by Gasteiger charge is -2.03. The predicted octanol–water partition coefficient (Wildman–Crippen LogP) is 5.19. The van der Waals surface area contributed by atoms with Gasteiger partial charge in [-0.3, -0.25) is 9.97 Å². The lowest BCUT2D eigenvalue weighted by molar-refractivity contribution is 0.604. The van der Waals surface area contributed by atoms with Crippen LogP contribution in [0.1, 0.15) is 51.1 Å². The molecule has 0 bridgehead atoms. The molecule has 0 aliphatic carbocycles. The highest BCUT2D eigenvalue weighted by atomic mass is 19.1. The van der Waals surface area contributed by atoms with Gasteiger partial charge in [-0.2, -0.15) is 0 Å². The molecule has 0 aliphatic heterocycles. The molecule has 21 heavy (non-hydrogen) atoms. The van der Waals surface area contributed by atoms with E-state index in [0.29, 0.717) is 0 Å². The highest BCUT2D eigenvalue weighted by molar-refractivity contribution is 5.57. The van der Waals surface area contributed by atoms with Crippen molar-refractivity contribution in [2.75, 3.05) is 0 Å². The van der Waals surface area contributed by atoms with E-state index >= 15 is 0 Å². The van der Waals surface area contributed by atoms with Crippen LogP contribution in [0.25, 0.3) is 11.3 Å². The number of unbranched alkanes of at least 4 members (excludes halogenated alkanes) is 5. The van der Waals surface area contributed by atoms with Gasteiger partial charge in [-0.15, -0.1) is 0 Å². The molecular formula is C18H23FN2. The molecular weight excluding hydrogens is 263 g/mol. The Kier molecular flexibility index (Phi) is 6.32. The molecule has 112 valence electrons. The van der Waals surface area contributed by atoms with E-state index in [1.165, 1.54) is 50.7 Å². The fourth-order valence-corrected chi connectivity index (χ4v) is 2.34. The summed E-state index contributed by atoms with van der Waals surface area (Å²) in [5, 5.41) is 0. The Morgan fingerprint density at radius 2 is 1.57 bits per heavy atom. The zero-order chi connectivity index (χ0) is 14.9. The van der Waals surface area contributed by atoms with Crippen molar-refractivity contribution in [2.24, 2.45) is 0 Å². The minimum atomic E-state index is -0.230. The van der Waals surface area contributed by atoms with E-state index < -0.39 is 0 Å². The number of benzene rings is 1. The van der Waals surface area contributed by atoms with Crippen LogP contribution in [0.15, 0.2) is 36.7 Å². The second kappa shape index (κ2) is 8.50. The van der Waals surface area contributed by atoms with Gasteiger partial charge in [0.15, 0.2) is 0 Å². The van der Waals surface area contributed by atoms with Crippen molar-refractivity contribution in [3.8, 4) is 11.3 Å². The van der Waals surface area contributed by atoms with Crippen LogP contribution >= 0.6 is 0 Å². The van der Waals surface area contributed by atoms with Crippen molar-refractivity contribution in [1.82, 2.24) is 9.97 Å². The SMILES string of the molecule is CCCCCCCCc1cnc(-c2ccc(F)cc2)cn1. The molecule has 0 N–H and O–H groups in total. The number of hydrogen-bond donors (Lipinski definition) is 0. The highest BCUT2D eigenvalue weighted by Gasteiger charge is 2.01. The largest absolute Gasteiger partial charge is 0.257 e. The molecule has 0 amide bonds. The van der Waals surface area contributed by atoms with Crippen LogP contribution in [-0.4, -0.2) is 9.97 Å². The number of halogens is 1. The summed E-state index contributed by atoms with van der Waals surface area (Å²) in [5.41, 5.74) is 2.73. The van der Waals surface area contributed by atoms with E-state index in [-0.39, 0.29) is 5.82 Å². The highest BCUT2D eigenvalue weighted by Crippen LogP contribution is 2.16. The Balaban J connectivity index is 1.80. The maximum Gasteiger partial charge on any atom is 0.123 e. The Hall–Kier alpha value is -1.77. The van der Waals surface area contributed by atoms with Gasteiger partial charge in [-0.25, -0.2) is 4.39 Å². The van der Waals surface area contributed by atoms with Crippen LogP contribution in [0.5, 0.6) is 0 Å². The number of hydrogen-bond acceptors (Lipinski definition) is 2. The van der Waals surface area contributed by atoms with Crippen molar-refractivity contribution in [3.63, 3.8) is 0 Å². The minimum Gasteiger partial charge on any atom is -0.257 e. The summed E-state index contributed by atoms with van der Waals surface area (Å²) < 4.78 is 12.9. The summed E-state index contributed by atoms with van der Waals surface area (Å²) in [5.74, 6) is -0.230. The van der Waals surface area contributed by atoms with E-state index in [1.54, 1.807) is 18.3 Å². The second-order valence-electron chi connectivity index (χ2n) is 5.42. The summed E-state index contributed by atoms with van der Waals surface area (Å²) in [6.07, 6.45) is 12.3. The summed E-state index contributed by atoms with van der Waals surface area (Å²) in [7, 11) is 0. The van der Waals surface area contributed by atoms with Crippen molar-refractivity contribution in [3.05, 3.63) is 48.2 Å². The molecule has 0 spiro atoms. The fraction of sp³-hybridized carbons (Fsp3) is 0.444. The average Bonchev–Trinajstić information content (AvgIpc) is 2.52. The van der Waals surface area contributed by atoms with Crippen LogP contribution < -0.4 is 0 Å². The molecule has 2 rings (SSSR count). The van der Waals surface area contributed by atoms with Gasteiger partial charge in [0.1, 0.15) is 5.82 Å². The Morgan fingerprint density at radius 1 is 0.857 bits per heavy atom. The smallest absolute Gasteiger partial charge is 0.123 e. The lowest BCUT2D eigenvalue weighted by Crippen LogP contribution is -1.94. The van der Waals surface area contributed by atoms with Gasteiger partial charge in [0.05, 0.1) is 17.6 Å². The van der Waals surface area contributed by atoms with Gasteiger partial charge >= 0.3 is 0 Å². The molecule has 1 heterocycles. The van der Waals surface area contributed by atoms with Crippen molar-refractivity contribution < 1.29 is 4.39 Å². The minimum absolute atomic E-state index is 0.230. The van der Waals surface area contributed by atoms with E-state index in [0.717, 1.165) is 23.4 Å². The van der Waals surface area contributed by atoms with E-state index in [4.69, 9.17) is 0 Å². The van der Waals surface area contributed by atoms with Crippen molar-refractivity contribution >= 4 is 0 Å². The first-order valence-corrected chi connectivity index (χ1v) is 7.86. The van der Waals surface area contributed by atoms with E-state index in [9.17, 15) is 4.39 Å². The van der Waals surface area contributed by atoms with Gasteiger partial charge in [-0.1, -0.05) is 39.0 Å². The first-order chi connectivity index (χ1) is 10.3. The first-order valence-electron chi connectivity index (χ1n) is 7.86. The Morgan fingerprint density at radius 3 is 2.24 bits per heavy atom. The van der Waals surface area contributed by atoms with Crippen molar-refractivity contribution in [2.45, 2.75) is 51.9 Å². The number of aryl methyl sites for hydroxylation is 1. The number of aromatic nitrogens is 2. The molecule has 0 saturated carbocycles. The third-order valence-corrected chi connectivity index (χ3v) is 3.63. The number of rotatable bonds is 8. The molecule has 0 radical (unpaired) electrons. The molecule has 0 saturated heterocycles. The van der Waals surface area contributed by atoms with Gasteiger partial charge in [-0.05, 0) is 37.1 Å². The topological polar surface area (TPSA) is 25.8 Å². The summed E-state index contributed by atoms with van der Waals surface area (Å²) >= 11 is 0. The van der Waals surface area contributed by atoms with Crippen molar-refractivity contribution in [1.29, 1.82) is 0 Å². The number of nitrogens with zero attached hydrogens (tertiary/aromatic N) is 2. The summed E-state index contributed by atoms with van der Waals surface area (Å²) in [4.78, 5) is 8.88. The summed E-state index contributed by atoms with van der Waals surface area (Å²) in [6, 6.07) is 6.35. The quantitative estimate of drug-likeness (QED) is 0.624. The lowest BCUT2D eigenvalue weighted by atomic mass is 10.1. The van der Waals surface area contributed by atoms with Crippen LogP contribution in [-0.2, 0) is 6.42 Å². The molecule has 0 unspecified atom stereocenters. The molecule has 1 aromatic heterocycles. The molecule has 1 aromatic carbocycles. The third kappa shape index (κ3) is 5.25. The maximum atomic E-state index is 12.9. The normalized spacial score (nSPS) is 10.8. The zero-order valence-electron chi connectivity index (χ0n) is 12.7. The van der Waals surface area contributed by atoms with Gasteiger partial charge in [0, 0.05) is 11.8 Å². The molecule has 2 nitrogen and oxygen atoms in total. The molecule has 3 heteroatoms. The Labute approximate surface area is 126 Å². The second-order valence-corrected chi connectivity index (χ2v) is 5.42. The van der Waals surface area contributed by atoms with Crippen LogP contribution in [0, 0.1) is 5.82 Å². The zero-order valence-corrected chi connectivity index (χ0v) is 12.7. The van der Waals surface area contributed by atoms with Gasteiger partial charge < -0.3 is 0 Å². The monoisotopic (exact) mass is 286 g/mol. The molecule has 2 aromatic rings. The van der Waals surface area contributed by atoms with Crippen LogP contribution in [0.3, 0.4) is 0 Å². The molecule has 0 aliphatic rings. The first kappa shape index (κ1) is 15.6. The predicted molar refractivity (Wildman–Crippen MR) is 84.5 cm³/mol. The molecule has 0 atom stereocenters. The Bertz CT molecular complexity index is 520. The van der Waals surface area contributed by atoms with Crippen LogP contribution in [0.4, 0.5) is 4.39 Å². The van der Waals surface area contributed by atoms with E-state index in [2.05, 4.69) is 16.9 Å². The molecule has 0 fully saturated rings.